The molecule has 0 spiro atoms. The second-order valence-electron chi connectivity index (χ2n) is 4.47. The highest BCUT2D eigenvalue weighted by atomic mass is 79.9. The molecular weight excluding hydrogens is 266 g/mol. The van der Waals surface area contributed by atoms with Gasteiger partial charge < -0.3 is 10.1 Å². The first-order chi connectivity index (χ1) is 7.75. The minimum atomic E-state index is -0.316. The largest absolute Gasteiger partial charge is 0.387 e. The van der Waals surface area contributed by atoms with E-state index in [1.165, 1.54) is 17.4 Å². The Kier molecular flexibility index (Phi) is 2.52. The van der Waals surface area contributed by atoms with Gasteiger partial charge >= 0.3 is 0 Å². The number of hydrogen-bond donors (Lipinski definition) is 2. The molecule has 0 bridgehead atoms. The topological polar surface area (TPSA) is 36.0 Å². The Morgan fingerprint density at radius 2 is 2.19 bits per heavy atom. The molecule has 1 aromatic heterocycles. The Balaban J connectivity index is 2.26. The Hall–Kier alpha value is -0.800. The molecule has 1 aromatic carbocycles. The van der Waals surface area contributed by atoms with Crippen molar-refractivity contribution < 1.29 is 5.11 Å². The normalized spacial score (nSPS) is 20.8. The summed E-state index contributed by atoms with van der Waals surface area (Å²) in [5.41, 5.74) is 3.47. The number of rotatable bonds is 0. The number of hydrogen-bond acceptors (Lipinski definition) is 1. The van der Waals surface area contributed by atoms with E-state index in [1.54, 1.807) is 0 Å². The first-order valence-corrected chi connectivity index (χ1v) is 6.53. The molecule has 84 valence electrons. The molecule has 2 nitrogen and oxygen atoms in total. The molecule has 16 heavy (non-hydrogen) atoms. The minimum Gasteiger partial charge on any atom is -0.387 e. The van der Waals surface area contributed by atoms with Crippen LogP contribution >= 0.6 is 15.9 Å². The Bertz CT molecular complexity index is 532. The van der Waals surface area contributed by atoms with Crippen LogP contribution in [0.25, 0.3) is 10.9 Å². The van der Waals surface area contributed by atoms with Gasteiger partial charge in [0.2, 0.25) is 0 Å². The summed E-state index contributed by atoms with van der Waals surface area (Å²) in [6, 6.07) is 6.24. The number of H-pyrrole nitrogens is 1. The van der Waals surface area contributed by atoms with Crippen molar-refractivity contribution in [2.75, 3.05) is 0 Å². The monoisotopic (exact) mass is 279 g/mol. The fraction of sp³-hybridized carbons (Fsp3) is 0.385. The third-order valence-electron chi connectivity index (χ3n) is 3.39. The van der Waals surface area contributed by atoms with E-state index in [0.29, 0.717) is 0 Å². The molecule has 0 aliphatic heterocycles. The molecule has 1 aliphatic carbocycles. The first kappa shape index (κ1) is 10.4. The number of nitrogens with one attached hydrogen (secondary N) is 1. The molecule has 3 rings (SSSR count). The zero-order valence-electron chi connectivity index (χ0n) is 8.96. The van der Waals surface area contributed by atoms with Crippen LogP contribution < -0.4 is 0 Å². The summed E-state index contributed by atoms with van der Waals surface area (Å²) >= 11 is 3.50. The molecule has 3 heteroatoms. The van der Waals surface area contributed by atoms with Crippen molar-refractivity contribution in [1.82, 2.24) is 4.98 Å². The highest BCUT2D eigenvalue weighted by Crippen LogP contribution is 2.34. The molecule has 0 saturated heterocycles. The van der Waals surface area contributed by atoms with Gasteiger partial charge in [-0.2, -0.15) is 0 Å². The van der Waals surface area contributed by atoms with Crippen molar-refractivity contribution in [1.29, 1.82) is 0 Å². The van der Waals surface area contributed by atoms with Crippen LogP contribution in [0.15, 0.2) is 22.7 Å². The van der Waals surface area contributed by atoms with Gasteiger partial charge in [-0.3, -0.25) is 0 Å². The van der Waals surface area contributed by atoms with E-state index in [4.69, 9.17) is 0 Å². The molecule has 2 N–H and O–H groups in total. The van der Waals surface area contributed by atoms with Crippen molar-refractivity contribution in [2.24, 2.45) is 0 Å². The van der Waals surface area contributed by atoms with Gasteiger partial charge in [0.15, 0.2) is 0 Å². The standard InChI is InChI=1S/C13H14BrNO/c14-8-5-6-11-10(7-8)9-3-1-2-4-12(16)13(9)15-11/h5-7,12,15-16H,1-4H2. The van der Waals surface area contributed by atoms with Gasteiger partial charge in [-0.1, -0.05) is 22.4 Å². The van der Waals surface area contributed by atoms with Crippen LogP contribution in [0.2, 0.25) is 0 Å². The van der Waals surface area contributed by atoms with Gasteiger partial charge in [-0.05, 0) is 43.0 Å². The number of aliphatic hydroxyl groups is 1. The van der Waals surface area contributed by atoms with Gasteiger partial charge in [-0.15, -0.1) is 0 Å². The third-order valence-corrected chi connectivity index (χ3v) is 3.88. The molecule has 1 heterocycles. The lowest BCUT2D eigenvalue weighted by atomic mass is 10.1. The smallest absolute Gasteiger partial charge is 0.0940 e. The van der Waals surface area contributed by atoms with Crippen LogP contribution in [0.5, 0.6) is 0 Å². The lowest BCUT2D eigenvalue weighted by Gasteiger charge is -2.05. The molecule has 0 radical (unpaired) electrons. The molecular formula is C13H14BrNO. The Morgan fingerprint density at radius 3 is 3.06 bits per heavy atom. The maximum Gasteiger partial charge on any atom is 0.0940 e. The summed E-state index contributed by atoms with van der Waals surface area (Å²) in [6.07, 6.45) is 3.91. The van der Waals surface area contributed by atoms with E-state index in [1.807, 2.05) is 6.07 Å². The number of aromatic nitrogens is 1. The van der Waals surface area contributed by atoms with E-state index in [0.717, 1.165) is 34.9 Å². The summed E-state index contributed by atoms with van der Waals surface area (Å²) in [5.74, 6) is 0. The van der Waals surface area contributed by atoms with Crippen LogP contribution in [0, 0.1) is 0 Å². The third kappa shape index (κ3) is 1.59. The van der Waals surface area contributed by atoms with Gasteiger partial charge in [0.1, 0.15) is 0 Å². The number of aryl methyl sites for hydroxylation is 1. The number of benzene rings is 1. The molecule has 1 aliphatic rings. The number of aromatic amines is 1. The van der Waals surface area contributed by atoms with Crippen LogP contribution in [0.3, 0.4) is 0 Å². The summed E-state index contributed by atoms with van der Waals surface area (Å²) in [7, 11) is 0. The van der Waals surface area contributed by atoms with Crippen LogP contribution in [0.4, 0.5) is 0 Å². The van der Waals surface area contributed by atoms with Crippen molar-refractivity contribution in [3.05, 3.63) is 33.9 Å². The molecule has 0 saturated carbocycles. The summed E-state index contributed by atoms with van der Waals surface area (Å²) in [4.78, 5) is 3.36. The Morgan fingerprint density at radius 1 is 1.31 bits per heavy atom. The van der Waals surface area contributed by atoms with E-state index in [9.17, 15) is 5.11 Å². The zero-order valence-corrected chi connectivity index (χ0v) is 10.5. The zero-order chi connectivity index (χ0) is 11.1. The fourth-order valence-corrected chi connectivity index (χ4v) is 2.94. The van der Waals surface area contributed by atoms with Gasteiger partial charge in [0.25, 0.3) is 0 Å². The quantitative estimate of drug-likeness (QED) is 0.709. The van der Waals surface area contributed by atoms with Gasteiger partial charge in [0, 0.05) is 21.1 Å². The lowest BCUT2D eigenvalue weighted by molar-refractivity contribution is 0.163. The highest BCUT2D eigenvalue weighted by molar-refractivity contribution is 9.10. The number of halogens is 1. The molecule has 1 unspecified atom stereocenters. The molecule has 0 amide bonds. The van der Waals surface area contributed by atoms with E-state index >= 15 is 0 Å². The van der Waals surface area contributed by atoms with Crippen molar-refractivity contribution >= 4 is 26.8 Å². The van der Waals surface area contributed by atoms with E-state index in [2.05, 4.69) is 33.0 Å². The average Bonchev–Trinajstić information content (AvgIpc) is 2.52. The van der Waals surface area contributed by atoms with Crippen molar-refractivity contribution in [3.63, 3.8) is 0 Å². The average molecular weight is 280 g/mol. The Labute approximate surface area is 103 Å². The van der Waals surface area contributed by atoms with Crippen molar-refractivity contribution in [2.45, 2.75) is 31.8 Å². The minimum absolute atomic E-state index is 0.316. The van der Waals surface area contributed by atoms with Crippen LogP contribution in [-0.4, -0.2) is 10.1 Å². The maximum absolute atomic E-state index is 10.1. The van der Waals surface area contributed by atoms with E-state index in [-0.39, 0.29) is 6.10 Å². The fourth-order valence-electron chi connectivity index (χ4n) is 2.58. The first-order valence-electron chi connectivity index (χ1n) is 5.74. The van der Waals surface area contributed by atoms with Gasteiger partial charge in [-0.25, -0.2) is 0 Å². The molecule has 1 atom stereocenters. The van der Waals surface area contributed by atoms with Crippen LogP contribution in [-0.2, 0) is 6.42 Å². The molecule has 2 aromatic rings. The summed E-state index contributed by atoms with van der Waals surface area (Å²) in [5, 5.41) is 11.3. The summed E-state index contributed by atoms with van der Waals surface area (Å²) in [6.45, 7) is 0. The predicted molar refractivity (Wildman–Crippen MR) is 68.5 cm³/mol. The maximum atomic E-state index is 10.1. The summed E-state index contributed by atoms with van der Waals surface area (Å²) < 4.78 is 1.10. The van der Waals surface area contributed by atoms with E-state index < -0.39 is 0 Å². The SMILES string of the molecule is OC1CCCCc2c1[nH]c1ccc(Br)cc21. The van der Waals surface area contributed by atoms with Gasteiger partial charge in [0.05, 0.1) is 6.10 Å². The number of fused-ring (bicyclic) bond motifs is 3. The molecule has 0 fully saturated rings. The van der Waals surface area contributed by atoms with Crippen molar-refractivity contribution in [3.8, 4) is 0 Å². The lowest BCUT2D eigenvalue weighted by Crippen LogP contribution is -1.97. The number of aliphatic hydroxyl groups excluding tert-OH is 1. The predicted octanol–water partition coefficient (Wildman–Crippen LogP) is 3.69. The van der Waals surface area contributed by atoms with Crippen LogP contribution in [0.1, 0.15) is 36.6 Å². The highest BCUT2D eigenvalue weighted by Gasteiger charge is 2.20. The second-order valence-corrected chi connectivity index (χ2v) is 5.38. The second kappa shape index (κ2) is 3.90.